The molecule has 0 N–H and O–H groups in total. The molecule has 6 heteroatoms. The molecule has 0 saturated carbocycles. The molecule has 0 aliphatic carbocycles. The molecule has 188 valence electrons. The van der Waals surface area contributed by atoms with Gasteiger partial charge in [-0.1, -0.05) is 109 Å². The van der Waals surface area contributed by atoms with Crippen molar-refractivity contribution in [3.63, 3.8) is 0 Å². The maximum atomic E-state index is 12.9. The first-order valence-corrected chi connectivity index (χ1v) is 18.3. The van der Waals surface area contributed by atoms with Crippen LogP contribution in [0.2, 0.25) is 0 Å². The van der Waals surface area contributed by atoms with Crippen LogP contribution in [-0.4, -0.2) is 23.9 Å². The number of benzene rings is 1. The zero-order valence-corrected chi connectivity index (χ0v) is 23.1. The van der Waals surface area contributed by atoms with Gasteiger partial charge in [0.1, 0.15) is 5.75 Å². The topological polar surface area (TPSA) is 55.3 Å². The van der Waals surface area contributed by atoms with Gasteiger partial charge in [0.05, 0.1) is 6.61 Å². The van der Waals surface area contributed by atoms with Crippen LogP contribution in [0.5, 0.6) is 5.75 Å². The number of para-hydroxylation sites is 1. The van der Waals surface area contributed by atoms with Crippen molar-refractivity contribution >= 4 is 28.0 Å². The molecular weight excluding hydrogens is 455 g/mol. The Hall–Kier alpha value is 0.0700. The average Bonchev–Trinajstić information content (AvgIpc) is 2.77. The summed E-state index contributed by atoms with van der Waals surface area (Å²) in [7, 11) is -1.89. The highest BCUT2D eigenvalue weighted by Crippen LogP contribution is 2.78. The summed E-state index contributed by atoms with van der Waals surface area (Å²) in [4.78, 5) is 25.9. The van der Waals surface area contributed by atoms with E-state index in [1.165, 1.54) is 64.2 Å². The van der Waals surface area contributed by atoms with Crippen molar-refractivity contribution < 1.29 is 14.5 Å². The Morgan fingerprint density at radius 1 is 0.688 bits per heavy atom. The molecule has 0 unspecified atom stereocenters. The molecule has 1 aromatic rings. The highest BCUT2D eigenvalue weighted by atomic mass is 33.1. The van der Waals surface area contributed by atoms with Crippen molar-refractivity contribution in [3.05, 3.63) is 30.3 Å². The maximum absolute atomic E-state index is 12.9. The average molecular weight is 503 g/mol. The fourth-order valence-electron chi connectivity index (χ4n) is 4.13. The molecule has 1 rings (SSSR count). The zero-order valence-electron chi connectivity index (χ0n) is 20.6. The van der Waals surface area contributed by atoms with Crippen LogP contribution >= 0.6 is 15.8 Å². The number of ether oxygens (including phenoxy) is 1. The monoisotopic (exact) mass is 502 g/mol. The number of hydrogen-bond donors (Lipinski definition) is 0. The Labute approximate surface area is 205 Å². The Balaban J connectivity index is 2.62. The molecule has 1 aromatic carbocycles. The molecule has 0 radical (unpaired) electrons. The molecule has 3 nitrogen and oxygen atoms in total. The quantitative estimate of drug-likeness (QED) is 0.100. The second-order valence-corrected chi connectivity index (χ2v) is 19.0. The molecule has 0 saturated heterocycles. The van der Waals surface area contributed by atoms with E-state index >= 15 is 0 Å². The van der Waals surface area contributed by atoms with E-state index in [2.05, 4.69) is 13.8 Å². The molecule has 32 heavy (non-hydrogen) atoms. The second-order valence-electron chi connectivity index (χ2n) is 8.96. The van der Waals surface area contributed by atoms with Gasteiger partial charge >= 0.3 is 0 Å². The van der Waals surface area contributed by atoms with E-state index in [1.807, 2.05) is 30.3 Å². The fraction of sp³-hybridized carbons (Fsp3) is 0.769. The highest BCUT2D eigenvalue weighted by molar-refractivity contribution is 8.95. The molecule has 0 bridgehead atoms. The van der Waals surface area contributed by atoms with Gasteiger partial charge in [-0.15, -0.1) is 0 Å². The molecule has 0 aromatic heterocycles. The predicted octanol–water partition coefficient (Wildman–Crippen LogP) is 7.32. The van der Waals surface area contributed by atoms with Gasteiger partial charge in [0.2, 0.25) is 0 Å². The van der Waals surface area contributed by atoms with E-state index in [4.69, 9.17) is 17.0 Å². The van der Waals surface area contributed by atoms with E-state index in [0.717, 1.165) is 42.9 Å². The SMILES string of the molecule is CCCCCCCCCS(CCCCCCCCC)(CCOc1ccccc1)[P+]([O-])([O-])[S-]. The molecule has 0 amide bonds. The van der Waals surface area contributed by atoms with Crippen molar-refractivity contribution in [1.29, 1.82) is 0 Å². The third-order valence-electron chi connectivity index (χ3n) is 6.21. The summed E-state index contributed by atoms with van der Waals surface area (Å²) in [6.07, 6.45) is 13.0. The first kappa shape index (κ1) is 30.1. The largest absolute Gasteiger partial charge is 0.692 e. The van der Waals surface area contributed by atoms with Crippen molar-refractivity contribution in [3.8, 4) is 5.75 Å². The first-order valence-electron chi connectivity index (χ1n) is 12.9. The molecule has 0 fully saturated rings. The van der Waals surface area contributed by atoms with Gasteiger partial charge in [-0.25, -0.2) is 0 Å². The van der Waals surface area contributed by atoms with Crippen molar-refractivity contribution in [1.82, 2.24) is 0 Å². The van der Waals surface area contributed by atoms with Crippen LogP contribution in [0.25, 0.3) is 0 Å². The van der Waals surface area contributed by atoms with Crippen LogP contribution in [0.3, 0.4) is 0 Å². The van der Waals surface area contributed by atoms with Crippen molar-refractivity contribution in [2.45, 2.75) is 104 Å². The highest BCUT2D eigenvalue weighted by Gasteiger charge is 2.30. The van der Waals surface area contributed by atoms with Crippen LogP contribution in [0.4, 0.5) is 0 Å². The molecule has 0 heterocycles. The van der Waals surface area contributed by atoms with Gasteiger partial charge in [-0.05, 0) is 25.0 Å². The van der Waals surface area contributed by atoms with Gasteiger partial charge in [0, 0.05) is 17.3 Å². The van der Waals surface area contributed by atoms with Gasteiger partial charge in [-0.2, -0.15) is 15.8 Å². The second kappa shape index (κ2) is 18.4. The normalized spacial score (nSPS) is 12.8. The van der Waals surface area contributed by atoms with Gasteiger partial charge in [0.25, 0.3) is 0 Å². The smallest absolute Gasteiger partial charge is 0.119 e. The lowest BCUT2D eigenvalue weighted by atomic mass is 10.1. The lowest BCUT2D eigenvalue weighted by Gasteiger charge is -2.63. The summed E-state index contributed by atoms with van der Waals surface area (Å²) in [5.41, 5.74) is 0. The summed E-state index contributed by atoms with van der Waals surface area (Å²) in [5.74, 6) is 2.91. The lowest BCUT2D eigenvalue weighted by molar-refractivity contribution is -0.288. The Morgan fingerprint density at radius 2 is 1.12 bits per heavy atom. The van der Waals surface area contributed by atoms with Gasteiger partial charge < -0.3 is 26.8 Å². The summed E-state index contributed by atoms with van der Waals surface area (Å²) in [5, 5.41) is 0. The first-order chi connectivity index (χ1) is 15.4. The minimum atomic E-state index is -3.82. The number of rotatable bonds is 21. The van der Waals surface area contributed by atoms with E-state index in [1.54, 1.807) is 0 Å². The fourth-order valence-corrected chi connectivity index (χ4v) is 12.3. The predicted molar refractivity (Wildman–Crippen MR) is 144 cm³/mol. The minimum Gasteiger partial charge on any atom is -0.692 e. The van der Waals surface area contributed by atoms with Crippen LogP contribution in [0.1, 0.15) is 104 Å². The molecule has 0 spiro atoms. The Bertz CT molecular complexity index is 534. The Morgan fingerprint density at radius 3 is 1.56 bits per heavy atom. The lowest BCUT2D eigenvalue weighted by Crippen LogP contribution is -2.32. The third-order valence-corrected chi connectivity index (χ3v) is 17.5. The van der Waals surface area contributed by atoms with E-state index < -0.39 is 15.8 Å². The summed E-state index contributed by atoms with van der Waals surface area (Å²) in [6.45, 7) is 4.90. The van der Waals surface area contributed by atoms with Crippen LogP contribution in [-0.2, 0) is 12.2 Å². The molecule has 0 atom stereocenters. The van der Waals surface area contributed by atoms with Crippen LogP contribution in [0, 0.1) is 0 Å². The standard InChI is InChI=1S/C26H49O3PS2/c1-3-5-7-9-11-13-18-23-32(30(27,28)31,24-19-14-12-10-8-6-4-2)25-22-29-26-20-16-15-17-21-26/h15-17,20-21H,3-14,18-19,22-25H2,1-2H3,(H2,27,28,31)/p-2. The summed E-state index contributed by atoms with van der Waals surface area (Å²) < 4.78 is 5.91. The van der Waals surface area contributed by atoms with Gasteiger partial charge in [0.15, 0.2) is 0 Å². The molecular formula is C26H47O3PS2-2. The van der Waals surface area contributed by atoms with Crippen LogP contribution < -0.4 is 14.5 Å². The zero-order chi connectivity index (χ0) is 23.5. The minimum absolute atomic E-state index is 0.440. The summed E-state index contributed by atoms with van der Waals surface area (Å²) >= 11 is 5.20. The van der Waals surface area contributed by atoms with E-state index in [9.17, 15) is 9.79 Å². The van der Waals surface area contributed by atoms with E-state index in [0.29, 0.717) is 12.4 Å². The van der Waals surface area contributed by atoms with E-state index in [-0.39, 0.29) is 0 Å². The number of hydrogen-bond acceptors (Lipinski definition) is 4. The molecule has 0 aliphatic rings. The number of unbranched alkanes of at least 4 members (excludes halogenated alkanes) is 12. The molecule has 0 aliphatic heterocycles. The Kier molecular flexibility index (Phi) is 17.3. The van der Waals surface area contributed by atoms with Crippen LogP contribution in [0.15, 0.2) is 30.3 Å². The summed E-state index contributed by atoms with van der Waals surface area (Å²) in [6, 6.07) is 9.69. The van der Waals surface area contributed by atoms with Crippen molar-refractivity contribution in [2.75, 3.05) is 23.9 Å². The maximum Gasteiger partial charge on any atom is 0.119 e. The van der Waals surface area contributed by atoms with Gasteiger partial charge in [-0.3, -0.25) is 0 Å². The van der Waals surface area contributed by atoms with Crippen molar-refractivity contribution in [2.24, 2.45) is 0 Å². The third kappa shape index (κ3) is 13.1.